The second kappa shape index (κ2) is 5.63. The molecule has 1 aromatic carbocycles. The molecular weight excluding hydrogens is 356 g/mol. The van der Waals surface area contributed by atoms with Crippen molar-refractivity contribution in [1.82, 2.24) is 0 Å². The molecule has 0 bridgehead atoms. The van der Waals surface area contributed by atoms with E-state index >= 15 is 0 Å². The summed E-state index contributed by atoms with van der Waals surface area (Å²) in [5, 5.41) is 1.66. The predicted octanol–water partition coefficient (Wildman–Crippen LogP) is 4.44. The van der Waals surface area contributed by atoms with Gasteiger partial charge in [0.25, 0.3) is 0 Å². The van der Waals surface area contributed by atoms with E-state index in [0.717, 1.165) is 0 Å². The van der Waals surface area contributed by atoms with Crippen LogP contribution in [-0.4, -0.2) is 18.3 Å². The summed E-state index contributed by atoms with van der Waals surface area (Å²) in [5.74, 6) is -6.22. The van der Waals surface area contributed by atoms with Gasteiger partial charge in [-0.25, -0.2) is 0 Å². The van der Waals surface area contributed by atoms with Gasteiger partial charge in [-0.2, -0.15) is 26.3 Å². The number of rotatable bonds is 2. The average molecular weight is 364 g/mol. The van der Waals surface area contributed by atoms with Crippen LogP contribution in [0.5, 0.6) is 0 Å². The fourth-order valence-corrected chi connectivity index (χ4v) is 1.78. The highest BCUT2D eigenvalue weighted by Crippen LogP contribution is 2.40. The van der Waals surface area contributed by atoms with E-state index < -0.39 is 24.2 Å². The SMILES string of the molecule is Cc1ccc(Br)cc1NC(=O)C(C(F)(F)F)C(F)(F)F. The Labute approximate surface area is 118 Å². The van der Waals surface area contributed by atoms with Crippen molar-refractivity contribution in [2.45, 2.75) is 19.3 Å². The van der Waals surface area contributed by atoms with Crippen molar-refractivity contribution >= 4 is 27.5 Å². The maximum Gasteiger partial charge on any atom is 0.409 e. The van der Waals surface area contributed by atoms with Crippen molar-refractivity contribution in [3.05, 3.63) is 28.2 Å². The van der Waals surface area contributed by atoms with Crippen LogP contribution in [0.1, 0.15) is 5.56 Å². The molecule has 0 aromatic heterocycles. The summed E-state index contributed by atoms with van der Waals surface area (Å²) in [4.78, 5) is 11.3. The molecule has 1 rings (SSSR count). The lowest BCUT2D eigenvalue weighted by molar-refractivity contribution is -0.272. The van der Waals surface area contributed by atoms with Gasteiger partial charge in [0.15, 0.2) is 0 Å². The number of carbonyl (C=O) groups is 1. The van der Waals surface area contributed by atoms with Crippen LogP contribution in [0.3, 0.4) is 0 Å². The zero-order chi connectivity index (χ0) is 15.7. The molecule has 0 radical (unpaired) electrons. The van der Waals surface area contributed by atoms with E-state index in [9.17, 15) is 31.1 Å². The normalized spacial score (nSPS) is 12.7. The number of anilines is 1. The van der Waals surface area contributed by atoms with Crippen LogP contribution in [0.2, 0.25) is 0 Å². The molecule has 112 valence electrons. The van der Waals surface area contributed by atoms with E-state index in [0.29, 0.717) is 10.0 Å². The fraction of sp³-hybridized carbons (Fsp3) is 0.364. The zero-order valence-corrected chi connectivity index (χ0v) is 11.4. The number of nitrogens with one attached hydrogen (secondary N) is 1. The highest BCUT2D eigenvalue weighted by Gasteiger charge is 2.61. The first-order valence-electron chi connectivity index (χ1n) is 5.13. The van der Waals surface area contributed by atoms with Gasteiger partial charge in [-0.3, -0.25) is 4.79 Å². The second-order valence-electron chi connectivity index (χ2n) is 3.96. The largest absolute Gasteiger partial charge is 0.409 e. The smallest absolute Gasteiger partial charge is 0.325 e. The Bertz CT molecular complexity index is 497. The number of halogens is 7. The molecule has 0 heterocycles. The maximum atomic E-state index is 12.4. The summed E-state index contributed by atoms with van der Waals surface area (Å²) in [6.45, 7) is 1.44. The standard InChI is InChI=1S/C11H8BrF6NO/c1-5-2-3-6(12)4-7(5)19-9(20)8(10(13,14)15)11(16,17)18/h2-4,8H,1H3,(H,19,20). The summed E-state index contributed by atoms with van der Waals surface area (Å²) in [7, 11) is 0. The van der Waals surface area contributed by atoms with Gasteiger partial charge in [-0.15, -0.1) is 0 Å². The van der Waals surface area contributed by atoms with E-state index in [1.54, 1.807) is 5.32 Å². The Morgan fingerprint density at radius 2 is 1.65 bits per heavy atom. The molecule has 0 saturated heterocycles. The fourth-order valence-electron chi connectivity index (χ4n) is 1.42. The molecular formula is C11H8BrF6NO. The number of aryl methyl sites for hydroxylation is 1. The molecule has 9 heteroatoms. The topological polar surface area (TPSA) is 29.1 Å². The molecule has 0 aliphatic rings. The average Bonchev–Trinajstić information content (AvgIpc) is 2.18. The van der Waals surface area contributed by atoms with Crippen LogP contribution in [0.4, 0.5) is 32.0 Å². The van der Waals surface area contributed by atoms with Gasteiger partial charge in [0.1, 0.15) is 0 Å². The van der Waals surface area contributed by atoms with Crippen LogP contribution in [0.25, 0.3) is 0 Å². The molecule has 0 spiro atoms. The molecule has 1 amide bonds. The lowest BCUT2D eigenvalue weighted by Crippen LogP contribution is -2.45. The number of hydrogen-bond acceptors (Lipinski definition) is 1. The monoisotopic (exact) mass is 363 g/mol. The summed E-state index contributed by atoms with van der Waals surface area (Å²) >= 11 is 3.01. The molecule has 20 heavy (non-hydrogen) atoms. The quantitative estimate of drug-likeness (QED) is 0.773. The Kier molecular flexibility index (Phi) is 4.73. The number of carbonyl (C=O) groups excluding carboxylic acids is 1. The Morgan fingerprint density at radius 1 is 1.15 bits per heavy atom. The predicted molar refractivity (Wildman–Crippen MR) is 63.1 cm³/mol. The molecule has 0 saturated carbocycles. The highest BCUT2D eigenvalue weighted by molar-refractivity contribution is 9.10. The van der Waals surface area contributed by atoms with Gasteiger partial charge in [-0.1, -0.05) is 22.0 Å². The van der Waals surface area contributed by atoms with Crippen LogP contribution in [0, 0.1) is 12.8 Å². The molecule has 0 unspecified atom stereocenters. The van der Waals surface area contributed by atoms with Crippen LogP contribution < -0.4 is 5.32 Å². The first kappa shape index (κ1) is 16.8. The minimum absolute atomic E-state index is 0.122. The van der Waals surface area contributed by atoms with Crippen molar-refractivity contribution in [2.75, 3.05) is 5.32 Å². The van der Waals surface area contributed by atoms with E-state index in [-0.39, 0.29) is 5.69 Å². The van der Waals surface area contributed by atoms with E-state index in [2.05, 4.69) is 15.9 Å². The van der Waals surface area contributed by atoms with Gasteiger partial charge < -0.3 is 5.32 Å². The Morgan fingerprint density at radius 3 is 2.10 bits per heavy atom. The zero-order valence-electron chi connectivity index (χ0n) is 9.86. The number of benzene rings is 1. The molecule has 0 fully saturated rings. The molecule has 1 aromatic rings. The first-order valence-corrected chi connectivity index (χ1v) is 5.92. The molecule has 0 aliphatic heterocycles. The minimum Gasteiger partial charge on any atom is -0.325 e. The summed E-state index contributed by atoms with van der Waals surface area (Å²) in [6, 6.07) is 4.20. The number of amides is 1. The van der Waals surface area contributed by atoms with E-state index in [4.69, 9.17) is 0 Å². The summed E-state index contributed by atoms with van der Waals surface area (Å²) in [5.41, 5.74) is 0.215. The van der Waals surface area contributed by atoms with Crippen LogP contribution in [0.15, 0.2) is 22.7 Å². The van der Waals surface area contributed by atoms with Gasteiger partial charge >= 0.3 is 12.4 Å². The number of hydrogen-bond donors (Lipinski definition) is 1. The molecule has 0 aliphatic carbocycles. The van der Waals surface area contributed by atoms with Crippen molar-refractivity contribution in [1.29, 1.82) is 0 Å². The minimum atomic E-state index is -5.71. The van der Waals surface area contributed by atoms with Crippen molar-refractivity contribution < 1.29 is 31.1 Å². The maximum absolute atomic E-state index is 12.4. The van der Waals surface area contributed by atoms with Gasteiger partial charge in [-0.05, 0) is 24.6 Å². The van der Waals surface area contributed by atoms with Crippen molar-refractivity contribution in [3.63, 3.8) is 0 Å². The lowest BCUT2D eigenvalue weighted by Gasteiger charge is -2.22. The van der Waals surface area contributed by atoms with E-state index in [1.165, 1.54) is 25.1 Å². The molecule has 0 atom stereocenters. The van der Waals surface area contributed by atoms with Crippen LogP contribution >= 0.6 is 15.9 Å². The Balaban J connectivity index is 3.07. The first-order chi connectivity index (χ1) is 8.93. The van der Waals surface area contributed by atoms with Crippen molar-refractivity contribution in [3.8, 4) is 0 Å². The van der Waals surface area contributed by atoms with Crippen molar-refractivity contribution in [2.24, 2.45) is 5.92 Å². The lowest BCUT2D eigenvalue weighted by atomic mass is 10.1. The third-order valence-corrected chi connectivity index (χ3v) is 2.87. The third kappa shape index (κ3) is 4.12. The summed E-state index contributed by atoms with van der Waals surface area (Å²) in [6.07, 6.45) is -11.4. The summed E-state index contributed by atoms with van der Waals surface area (Å²) < 4.78 is 74.6. The van der Waals surface area contributed by atoms with Crippen LogP contribution in [-0.2, 0) is 4.79 Å². The third-order valence-electron chi connectivity index (χ3n) is 2.37. The van der Waals surface area contributed by atoms with Gasteiger partial charge in [0.05, 0.1) is 0 Å². The second-order valence-corrected chi connectivity index (χ2v) is 4.88. The van der Waals surface area contributed by atoms with Gasteiger partial charge in [0.2, 0.25) is 11.8 Å². The van der Waals surface area contributed by atoms with E-state index in [1.807, 2.05) is 0 Å². The molecule has 1 N–H and O–H groups in total. The Hall–Kier alpha value is -1.25. The molecule has 2 nitrogen and oxygen atoms in total. The number of alkyl halides is 6. The van der Waals surface area contributed by atoms with Gasteiger partial charge in [0, 0.05) is 10.2 Å². The highest BCUT2D eigenvalue weighted by atomic mass is 79.9.